The van der Waals surface area contributed by atoms with Crippen LogP contribution in [0.15, 0.2) is 42.5 Å². The fraction of sp³-hybridized carbons (Fsp3) is 0.222. The summed E-state index contributed by atoms with van der Waals surface area (Å²) >= 11 is 0. The molecule has 0 saturated carbocycles. The van der Waals surface area contributed by atoms with Crippen molar-refractivity contribution in [3.05, 3.63) is 53.6 Å². The third-order valence-electron chi connectivity index (χ3n) is 3.47. The van der Waals surface area contributed by atoms with Gasteiger partial charge in [0.05, 0.1) is 17.9 Å². The standard InChI is InChI=1S/C18H21N3O2/c1-12-8-9-15(10-13(12)2)21-18(23)11-19-16-6-4-5-7-17(16)20-14(3)22/h4-10,19H,11H2,1-3H3,(H,20,22)(H,21,23). The molecule has 0 saturated heterocycles. The summed E-state index contributed by atoms with van der Waals surface area (Å²) in [7, 11) is 0. The number of hydrogen-bond donors (Lipinski definition) is 3. The average Bonchev–Trinajstić information content (AvgIpc) is 2.49. The Morgan fingerprint density at radius 2 is 1.61 bits per heavy atom. The molecule has 0 aliphatic carbocycles. The van der Waals surface area contributed by atoms with Crippen LogP contribution in [-0.4, -0.2) is 18.4 Å². The van der Waals surface area contributed by atoms with Gasteiger partial charge in [0.2, 0.25) is 11.8 Å². The number of amides is 2. The largest absolute Gasteiger partial charge is 0.374 e. The molecule has 0 aliphatic heterocycles. The Kier molecular flexibility index (Phi) is 5.36. The Balaban J connectivity index is 1.96. The third kappa shape index (κ3) is 4.85. The lowest BCUT2D eigenvalue weighted by Crippen LogP contribution is -2.22. The fourth-order valence-electron chi connectivity index (χ4n) is 2.14. The molecule has 23 heavy (non-hydrogen) atoms. The zero-order valence-corrected chi connectivity index (χ0v) is 13.6. The van der Waals surface area contributed by atoms with E-state index in [2.05, 4.69) is 16.0 Å². The van der Waals surface area contributed by atoms with E-state index in [0.717, 1.165) is 11.3 Å². The van der Waals surface area contributed by atoms with Gasteiger partial charge in [-0.05, 0) is 49.2 Å². The molecule has 0 spiro atoms. The van der Waals surface area contributed by atoms with E-state index in [1.807, 2.05) is 50.2 Å². The molecule has 0 radical (unpaired) electrons. The number of carbonyl (C=O) groups excluding carboxylic acids is 2. The molecule has 5 heteroatoms. The molecular weight excluding hydrogens is 290 g/mol. The average molecular weight is 311 g/mol. The van der Waals surface area contributed by atoms with Gasteiger partial charge < -0.3 is 16.0 Å². The van der Waals surface area contributed by atoms with Crippen LogP contribution in [-0.2, 0) is 9.59 Å². The van der Waals surface area contributed by atoms with Crippen LogP contribution < -0.4 is 16.0 Å². The van der Waals surface area contributed by atoms with E-state index in [1.165, 1.54) is 12.5 Å². The van der Waals surface area contributed by atoms with Crippen molar-refractivity contribution < 1.29 is 9.59 Å². The molecule has 2 aromatic rings. The molecule has 0 heterocycles. The van der Waals surface area contributed by atoms with Gasteiger partial charge in [-0.1, -0.05) is 18.2 Å². The van der Waals surface area contributed by atoms with Gasteiger partial charge in [-0.3, -0.25) is 9.59 Å². The first kappa shape index (κ1) is 16.5. The van der Waals surface area contributed by atoms with Gasteiger partial charge in [0, 0.05) is 12.6 Å². The quantitative estimate of drug-likeness (QED) is 0.793. The van der Waals surface area contributed by atoms with E-state index in [-0.39, 0.29) is 18.4 Å². The number of aryl methyl sites for hydroxylation is 2. The number of nitrogens with one attached hydrogen (secondary N) is 3. The minimum absolute atomic E-state index is 0.115. The first-order valence-corrected chi connectivity index (χ1v) is 7.43. The summed E-state index contributed by atoms with van der Waals surface area (Å²) in [5.74, 6) is -0.301. The first-order valence-electron chi connectivity index (χ1n) is 7.43. The molecule has 0 aliphatic rings. The van der Waals surface area contributed by atoms with E-state index in [0.29, 0.717) is 11.4 Å². The van der Waals surface area contributed by atoms with Crippen LogP contribution in [0.25, 0.3) is 0 Å². The number of benzene rings is 2. The highest BCUT2D eigenvalue weighted by Crippen LogP contribution is 2.20. The van der Waals surface area contributed by atoms with Crippen LogP contribution >= 0.6 is 0 Å². The molecule has 2 rings (SSSR count). The maximum Gasteiger partial charge on any atom is 0.243 e. The summed E-state index contributed by atoms with van der Waals surface area (Å²) in [6, 6.07) is 13.1. The molecule has 0 fully saturated rings. The van der Waals surface area contributed by atoms with Crippen molar-refractivity contribution in [3.8, 4) is 0 Å². The Labute approximate surface area is 136 Å². The lowest BCUT2D eigenvalue weighted by molar-refractivity contribution is -0.115. The van der Waals surface area contributed by atoms with E-state index >= 15 is 0 Å². The second kappa shape index (κ2) is 7.45. The van der Waals surface area contributed by atoms with Crippen LogP contribution in [0, 0.1) is 13.8 Å². The lowest BCUT2D eigenvalue weighted by Gasteiger charge is -2.12. The molecule has 2 aromatic carbocycles. The van der Waals surface area contributed by atoms with Crippen LogP contribution in [0.2, 0.25) is 0 Å². The highest BCUT2D eigenvalue weighted by atomic mass is 16.2. The predicted octanol–water partition coefficient (Wildman–Crippen LogP) is 3.31. The van der Waals surface area contributed by atoms with E-state index < -0.39 is 0 Å². The minimum atomic E-state index is -0.154. The van der Waals surface area contributed by atoms with Gasteiger partial charge in [-0.2, -0.15) is 0 Å². The molecule has 5 nitrogen and oxygen atoms in total. The molecule has 120 valence electrons. The van der Waals surface area contributed by atoms with Gasteiger partial charge in [-0.15, -0.1) is 0 Å². The molecule has 2 amide bonds. The van der Waals surface area contributed by atoms with Crippen molar-refractivity contribution >= 4 is 28.9 Å². The van der Waals surface area contributed by atoms with Crippen molar-refractivity contribution in [2.75, 3.05) is 22.5 Å². The summed E-state index contributed by atoms with van der Waals surface area (Å²) < 4.78 is 0. The number of carbonyl (C=O) groups is 2. The van der Waals surface area contributed by atoms with Gasteiger partial charge in [-0.25, -0.2) is 0 Å². The molecule has 0 unspecified atom stereocenters. The first-order chi connectivity index (χ1) is 11.0. The Morgan fingerprint density at radius 1 is 0.913 bits per heavy atom. The number of para-hydroxylation sites is 2. The molecular formula is C18H21N3O2. The van der Waals surface area contributed by atoms with Crippen molar-refractivity contribution in [1.29, 1.82) is 0 Å². The van der Waals surface area contributed by atoms with Crippen molar-refractivity contribution in [1.82, 2.24) is 0 Å². The number of anilines is 3. The SMILES string of the molecule is CC(=O)Nc1ccccc1NCC(=O)Nc1ccc(C)c(C)c1. The van der Waals surface area contributed by atoms with E-state index in [1.54, 1.807) is 6.07 Å². The topological polar surface area (TPSA) is 70.2 Å². The Morgan fingerprint density at radius 3 is 2.26 bits per heavy atom. The summed E-state index contributed by atoms with van der Waals surface area (Å²) in [4.78, 5) is 23.2. The third-order valence-corrected chi connectivity index (χ3v) is 3.47. The summed E-state index contributed by atoms with van der Waals surface area (Å²) in [5.41, 5.74) is 4.45. The maximum atomic E-state index is 12.1. The maximum absolute atomic E-state index is 12.1. The monoisotopic (exact) mass is 311 g/mol. The molecule has 0 aromatic heterocycles. The van der Waals surface area contributed by atoms with E-state index in [4.69, 9.17) is 0 Å². The second-order valence-electron chi connectivity index (χ2n) is 5.43. The lowest BCUT2D eigenvalue weighted by atomic mass is 10.1. The van der Waals surface area contributed by atoms with Crippen LogP contribution in [0.5, 0.6) is 0 Å². The van der Waals surface area contributed by atoms with E-state index in [9.17, 15) is 9.59 Å². The predicted molar refractivity (Wildman–Crippen MR) is 93.8 cm³/mol. The number of hydrogen-bond acceptors (Lipinski definition) is 3. The van der Waals surface area contributed by atoms with Gasteiger partial charge in [0.25, 0.3) is 0 Å². The molecule has 0 atom stereocenters. The van der Waals surface area contributed by atoms with Crippen LogP contribution in [0.1, 0.15) is 18.1 Å². The molecule has 0 bridgehead atoms. The summed E-state index contributed by atoms with van der Waals surface area (Å²) in [6.45, 7) is 5.60. The normalized spacial score (nSPS) is 10.0. The smallest absolute Gasteiger partial charge is 0.243 e. The van der Waals surface area contributed by atoms with Crippen LogP contribution in [0.3, 0.4) is 0 Å². The van der Waals surface area contributed by atoms with Crippen molar-refractivity contribution in [2.45, 2.75) is 20.8 Å². The zero-order chi connectivity index (χ0) is 16.8. The Bertz CT molecular complexity index is 726. The minimum Gasteiger partial charge on any atom is -0.374 e. The molecule has 3 N–H and O–H groups in total. The second-order valence-corrected chi connectivity index (χ2v) is 5.43. The fourth-order valence-corrected chi connectivity index (χ4v) is 2.14. The number of rotatable bonds is 5. The van der Waals surface area contributed by atoms with Gasteiger partial charge in [0.15, 0.2) is 0 Å². The van der Waals surface area contributed by atoms with Crippen molar-refractivity contribution in [2.24, 2.45) is 0 Å². The summed E-state index contributed by atoms with van der Waals surface area (Å²) in [6.07, 6.45) is 0. The summed E-state index contributed by atoms with van der Waals surface area (Å²) in [5, 5.41) is 8.62. The van der Waals surface area contributed by atoms with Gasteiger partial charge >= 0.3 is 0 Å². The van der Waals surface area contributed by atoms with Crippen LogP contribution in [0.4, 0.5) is 17.1 Å². The zero-order valence-electron chi connectivity index (χ0n) is 13.6. The Hall–Kier alpha value is -2.82. The highest BCUT2D eigenvalue weighted by Gasteiger charge is 2.06. The van der Waals surface area contributed by atoms with Crippen molar-refractivity contribution in [3.63, 3.8) is 0 Å². The highest BCUT2D eigenvalue weighted by molar-refractivity contribution is 5.96. The van der Waals surface area contributed by atoms with Gasteiger partial charge in [0.1, 0.15) is 0 Å².